The Balaban J connectivity index is 2.54. The largest absolute Gasteiger partial charge is 0.0891 e. The molecule has 0 saturated carbocycles. The maximum absolute atomic E-state index is 3.67. The van der Waals surface area contributed by atoms with E-state index in [0.717, 1.165) is 6.42 Å². The molecular weight excluding hydrogens is 128 g/mol. The van der Waals surface area contributed by atoms with Gasteiger partial charge in [-0.2, -0.15) is 0 Å². The quantitative estimate of drug-likeness (QED) is 0.483. The highest BCUT2D eigenvalue weighted by Gasteiger charge is 1.82. The van der Waals surface area contributed by atoms with Crippen LogP contribution in [0.5, 0.6) is 0 Å². The van der Waals surface area contributed by atoms with Crippen LogP contribution in [-0.4, -0.2) is 4.83 Å². The third kappa shape index (κ3) is 4.48. The van der Waals surface area contributed by atoms with Crippen LogP contribution >= 0.6 is 15.9 Å². The zero-order valence-corrected chi connectivity index (χ0v) is 4.96. The van der Waals surface area contributed by atoms with Crippen molar-refractivity contribution in [1.29, 1.82) is 0 Å². The summed E-state index contributed by atoms with van der Waals surface area (Å²) in [4.78, 5) is 0.447. The number of alkyl halides is 1. The van der Waals surface area contributed by atoms with Crippen LogP contribution in [0.3, 0.4) is 0 Å². The Morgan fingerprint density at radius 1 is 2.00 bits per heavy atom. The van der Waals surface area contributed by atoms with E-state index in [2.05, 4.69) is 29.8 Å². The molecule has 1 atom stereocenters. The van der Waals surface area contributed by atoms with Crippen LogP contribution < -0.4 is 0 Å². The Bertz CT molecular complexity index is 17.6. The molecule has 0 spiro atoms. The highest BCUT2D eigenvalue weighted by Crippen LogP contribution is 1.98. The zero-order chi connectivity index (χ0) is 4.28. The molecule has 0 fully saturated rings. The van der Waals surface area contributed by atoms with Gasteiger partial charge < -0.3 is 0 Å². The van der Waals surface area contributed by atoms with E-state index < -0.39 is 0 Å². The molecule has 5 heavy (non-hydrogen) atoms. The average Bonchev–Trinajstić information content (AvgIpc) is 1.38. The number of rotatable bonds is 1. The summed E-state index contributed by atoms with van der Waals surface area (Å²) in [5.74, 6) is 0. The van der Waals surface area contributed by atoms with Crippen molar-refractivity contribution < 1.29 is 0 Å². The van der Waals surface area contributed by atoms with Gasteiger partial charge in [0.05, 0.1) is 0 Å². The van der Waals surface area contributed by atoms with Gasteiger partial charge in [0.2, 0.25) is 0 Å². The minimum atomic E-state index is 0.447. The summed E-state index contributed by atoms with van der Waals surface area (Å²) in [7, 11) is 0. The minimum Gasteiger partial charge on any atom is -0.0891 e. The Kier molecular flexibility index (Phi) is 2.96. The van der Waals surface area contributed by atoms with Gasteiger partial charge in [0.25, 0.3) is 0 Å². The standard InChI is InChI=1S/C4H8Br/c1-3-4(2)5/h4H,2-3H2,1H3/t4-/m1/s1. The molecule has 31 valence electrons. The van der Waals surface area contributed by atoms with Crippen molar-refractivity contribution in [2.24, 2.45) is 0 Å². The molecule has 0 aromatic rings. The molecule has 0 saturated heterocycles. The van der Waals surface area contributed by atoms with Gasteiger partial charge in [-0.25, -0.2) is 0 Å². The van der Waals surface area contributed by atoms with Crippen LogP contribution in [0.1, 0.15) is 13.3 Å². The lowest BCUT2D eigenvalue weighted by atomic mass is 10.4. The Morgan fingerprint density at radius 2 is 2.20 bits per heavy atom. The van der Waals surface area contributed by atoms with E-state index in [1.807, 2.05) is 0 Å². The van der Waals surface area contributed by atoms with Crippen LogP contribution in [0.2, 0.25) is 0 Å². The van der Waals surface area contributed by atoms with Crippen LogP contribution in [0.25, 0.3) is 0 Å². The first-order chi connectivity index (χ1) is 2.27. The summed E-state index contributed by atoms with van der Waals surface area (Å²) in [6.45, 7) is 5.76. The van der Waals surface area contributed by atoms with Crippen LogP contribution in [0.4, 0.5) is 0 Å². The molecule has 0 aliphatic heterocycles. The SMILES string of the molecule is [CH2][C@@H](Br)CC. The molecule has 0 rings (SSSR count). The minimum absolute atomic E-state index is 0.447. The van der Waals surface area contributed by atoms with E-state index in [9.17, 15) is 0 Å². The Morgan fingerprint density at radius 3 is 2.20 bits per heavy atom. The van der Waals surface area contributed by atoms with Gasteiger partial charge in [0.15, 0.2) is 0 Å². The van der Waals surface area contributed by atoms with Gasteiger partial charge in [-0.3, -0.25) is 0 Å². The fraction of sp³-hybridized carbons (Fsp3) is 0.750. The lowest BCUT2D eigenvalue weighted by molar-refractivity contribution is 0.990. The Labute approximate surface area is 41.7 Å². The smallest absolute Gasteiger partial charge is 0.0143 e. The monoisotopic (exact) mass is 135 g/mol. The fourth-order valence-electron chi connectivity index (χ4n) is 0. The first kappa shape index (κ1) is 5.48. The molecule has 0 N–H and O–H groups in total. The van der Waals surface area contributed by atoms with Gasteiger partial charge in [0.1, 0.15) is 0 Å². The van der Waals surface area contributed by atoms with Crippen molar-refractivity contribution in [2.45, 2.75) is 18.2 Å². The summed E-state index contributed by atoms with van der Waals surface area (Å²) in [5.41, 5.74) is 0. The van der Waals surface area contributed by atoms with E-state index in [1.54, 1.807) is 0 Å². The number of hydrogen-bond acceptors (Lipinski definition) is 0. The molecule has 1 radical (unpaired) electrons. The molecule has 1 heteroatoms. The predicted molar refractivity (Wildman–Crippen MR) is 28.4 cm³/mol. The molecule has 0 aliphatic rings. The van der Waals surface area contributed by atoms with Crippen molar-refractivity contribution in [3.05, 3.63) is 6.92 Å². The van der Waals surface area contributed by atoms with E-state index in [0.29, 0.717) is 4.83 Å². The van der Waals surface area contributed by atoms with Crippen molar-refractivity contribution >= 4 is 15.9 Å². The van der Waals surface area contributed by atoms with Crippen molar-refractivity contribution in [1.82, 2.24) is 0 Å². The normalized spacial score (nSPS) is 15.0. The number of hydrogen-bond donors (Lipinski definition) is 0. The lowest BCUT2D eigenvalue weighted by Crippen LogP contribution is -1.81. The molecule has 0 bridgehead atoms. The molecular formula is C4H8Br. The Hall–Kier alpha value is 0.480. The first-order valence-electron chi connectivity index (χ1n) is 1.74. The molecule has 0 aromatic carbocycles. The first-order valence-corrected chi connectivity index (χ1v) is 2.66. The fourth-order valence-corrected chi connectivity index (χ4v) is 0. The van der Waals surface area contributed by atoms with Gasteiger partial charge in [0, 0.05) is 4.83 Å². The van der Waals surface area contributed by atoms with Crippen LogP contribution in [-0.2, 0) is 0 Å². The molecule has 0 heterocycles. The van der Waals surface area contributed by atoms with Crippen molar-refractivity contribution in [3.63, 3.8) is 0 Å². The average molecular weight is 136 g/mol. The molecule has 0 aliphatic carbocycles. The second-order valence-electron chi connectivity index (χ2n) is 1.01. The molecule has 0 amide bonds. The second kappa shape index (κ2) is 2.70. The highest BCUT2D eigenvalue weighted by atomic mass is 79.9. The topological polar surface area (TPSA) is 0 Å². The van der Waals surface area contributed by atoms with Crippen LogP contribution in [0.15, 0.2) is 0 Å². The van der Waals surface area contributed by atoms with Gasteiger partial charge in [-0.1, -0.05) is 22.9 Å². The highest BCUT2D eigenvalue weighted by molar-refractivity contribution is 9.09. The summed E-state index contributed by atoms with van der Waals surface area (Å²) >= 11 is 3.26. The maximum Gasteiger partial charge on any atom is 0.0143 e. The van der Waals surface area contributed by atoms with Crippen LogP contribution in [0, 0.1) is 6.92 Å². The van der Waals surface area contributed by atoms with E-state index in [1.165, 1.54) is 0 Å². The maximum atomic E-state index is 3.67. The van der Waals surface area contributed by atoms with Gasteiger partial charge >= 0.3 is 0 Å². The summed E-state index contributed by atoms with van der Waals surface area (Å²) in [6.07, 6.45) is 1.11. The van der Waals surface area contributed by atoms with Gasteiger partial charge in [-0.05, 0) is 13.3 Å². The van der Waals surface area contributed by atoms with Crippen molar-refractivity contribution in [3.8, 4) is 0 Å². The van der Waals surface area contributed by atoms with E-state index in [-0.39, 0.29) is 0 Å². The molecule has 0 unspecified atom stereocenters. The van der Waals surface area contributed by atoms with Gasteiger partial charge in [-0.15, -0.1) is 0 Å². The third-order valence-electron chi connectivity index (χ3n) is 0.443. The third-order valence-corrected chi connectivity index (χ3v) is 1.09. The van der Waals surface area contributed by atoms with E-state index in [4.69, 9.17) is 0 Å². The predicted octanol–water partition coefficient (Wildman–Crippen LogP) is 1.99. The second-order valence-corrected chi connectivity index (χ2v) is 2.30. The summed E-state index contributed by atoms with van der Waals surface area (Å²) in [6, 6.07) is 0. The van der Waals surface area contributed by atoms with Crippen molar-refractivity contribution in [2.75, 3.05) is 0 Å². The zero-order valence-electron chi connectivity index (χ0n) is 3.37. The number of halogens is 1. The molecule has 0 nitrogen and oxygen atoms in total. The summed E-state index contributed by atoms with van der Waals surface area (Å²) in [5, 5.41) is 0. The summed E-state index contributed by atoms with van der Waals surface area (Å²) < 4.78 is 0. The van der Waals surface area contributed by atoms with E-state index >= 15 is 0 Å². The molecule has 0 aromatic heterocycles. The lowest BCUT2D eigenvalue weighted by Gasteiger charge is -1.87.